The average molecular weight is 324 g/mol. The first-order valence-electron chi connectivity index (χ1n) is 7.29. The van der Waals surface area contributed by atoms with E-state index in [1.165, 1.54) is 11.3 Å². The Morgan fingerprint density at radius 2 is 2.22 bits per heavy atom. The molecule has 1 amide bonds. The second-order valence-corrected chi connectivity index (χ2v) is 6.06. The number of aryl methyl sites for hydroxylation is 2. The van der Waals surface area contributed by atoms with Crippen molar-refractivity contribution in [1.82, 2.24) is 14.3 Å². The highest BCUT2D eigenvalue weighted by molar-refractivity contribution is 7.16. The SMILES string of the molecule is C#CCn1c(=NC(=O)c2cc(C)nn2CC)sc2ccccc21. The van der Waals surface area contributed by atoms with Crippen molar-refractivity contribution >= 4 is 27.5 Å². The summed E-state index contributed by atoms with van der Waals surface area (Å²) in [5.74, 6) is 2.32. The van der Waals surface area contributed by atoms with E-state index in [0.717, 1.165) is 15.9 Å². The van der Waals surface area contributed by atoms with Gasteiger partial charge in [-0.1, -0.05) is 29.4 Å². The largest absolute Gasteiger partial charge is 0.305 e. The fourth-order valence-corrected chi connectivity index (χ4v) is 3.48. The fourth-order valence-electron chi connectivity index (χ4n) is 2.45. The van der Waals surface area contributed by atoms with E-state index in [2.05, 4.69) is 16.0 Å². The van der Waals surface area contributed by atoms with Crippen LogP contribution in [-0.2, 0) is 13.1 Å². The van der Waals surface area contributed by atoms with Crippen molar-refractivity contribution in [2.24, 2.45) is 4.99 Å². The van der Waals surface area contributed by atoms with Crippen LogP contribution in [0.25, 0.3) is 10.2 Å². The molecule has 2 heterocycles. The van der Waals surface area contributed by atoms with Gasteiger partial charge in [0, 0.05) is 6.54 Å². The molecule has 0 aliphatic heterocycles. The van der Waals surface area contributed by atoms with Gasteiger partial charge in [-0.25, -0.2) is 0 Å². The van der Waals surface area contributed by atoms with Crippen molar-refractivity contribution in [2.45, 2.75) is 26.9 Å². The van der Waals surface area contributed by atoms with E-state index in [4.69, 9.17) is 6.42 Å². The van der Waals surface area contributed by atoms with Crippen LogP contribution in [0.15, 0.2) is 35.3 Å². The zero-order valence-corrected chi connectivity index (χ0v) is 13.8. The van der Waals surface area contributed by atoms with Gasteiger partial charge < -0.3 is 4.57 Å². The normalized spacial score (nSPS) is 11.8. The van der Waals surface area contributed by atoms with Crippen molar-refractivity contribution < 1.29 is 4.79 Å². The van der Waals surface area contributed by atoms with Gasteiger partial charge in [-0.2, -0.15) is 10.1 Å². The van der Waals surface area contributed by atoms with Crippen LogP contribution in [-0.4, -0.2) is 20.3 Å². The molecule has 0 fully saturated rings. The molecule has 0 aliphatic carbocycles. The number of carbonyl (C=O) groups is 1. The summed E-state index contributed by atoms with van der Waals surface area (Å²) in [7, 11) is 0. The topological polar surface area (TPSA) is 52.2 Å². The third kappa shape index (κ3) is 2.83. The molecule has 0 aliphatic rings. The Bertz CT molecular complexity index is 984. The molecule has 0 saturated carbocycles. The Kier molecular flexibility index (Phi) is 4.13. The molecule has 3 rings (SSSR count). The molecule has 0 N–H and O–H groups in total. The lowest BCUT2D eigenvalue weighted by molar-refractivity contribution is 0.0987. The molecular formula is C17H16N4OS. The Labute approximate surface area is 137 Å². The number of thiazole rings is 1. The Hall–Kier alpha value is -2.65. The van der Waals surface area contributed by atoms with E-state index in [-0.39, 0.29) is 5.91 Å². The summed E-state index contributed by atoms with van der Waals surface area (Å²) in [6.07, 6.45) is 5.46. The predicted molar refractivity (Wildman–Crippen MR) is 91.2 cm³/mol. The van der Waals surface area contributed by atoms with E-state index in [1.807, 2.05) is 42.7 Å². The van der Waals surface area contributed by atoms with Crippen LogP contribution in [0, 0.1) is 19.3 Å². The lowest BCUT2D eigenvalue weighted by Gasteiger charge is -2.01. The summed E-state index contributed by atoms with van der Waals surface area (Å²) >= 11 is 1.46. The predicted octanol–water partition coefficient (Wildman–Crippen LogP) is 2.60. The Morgan fingerprint density at radius 1 is 1.43 bits per heavy atom. The first-order chi connectivity index (χ1) is 11.1. The minimum Gasteiger partial charge on any atom is -0.305 e. The highest BCUT2D eigenvalue weighted by atomic mass is 32.1. The van der Waals surface area contributed by atoms with E-state index in [1.54, 1.807) is 10.7 Å². The molecule has 23 heavy (non-hydrogen) atoms. The number of hydrogen-bond donors (Lipinski definition) is 0. The second-order valence-electron chi connectivity index (χ2n) is 5.05. The fraction of sp³-hybridized carbons (Fsp3) is 0.235. The summed E-state index contributed by atoms with van der Waals surface area (Å²) in [6, 6.07) is 9.64. The van der Waals surface area contributed by atoms with Gasteiger partial charge in [0.1, 0.15) is 5.69 Å². The molecule has 1 aromatic carbocycles. The highest BCUT2D eigenvalue weighted by Gasteiger charge is 2.13. The van der Waals surface area contributed by atoms with Crippen molar-refractivity contribution in [3.05, 3.63) is 46.5 Å². The van der Waals surface area contributed by atoms with Crippen molar-refractivity contribution in [2.75, 3.05) is 0 Å². The monoisotopic (exact) mass is 324 g/mol. The van der Waals surface area contributed by atoms with Gasteiger partial charge in [0.25, 0.3) is 5.91 Å². The molecule has 116 valence electrons. The summed E-state index contributed by atoms with van der Waals surface area (Å²) in [4.78, 5) is 17.5. The molecule has 0 spiro atoms. The van der Waals surface area contributed by atoms with Crippen LogP contribution in [0.4, 0.5) is 0 Å². The summed E-state index contributed by atoms with van der Waals surface area (Å²) in [5, 5.41) is 4.29. The number of amides is 1. The average Bonchev–Trinajstić information content (AvgIpc) is 3.09. The first-order valence-corrected chi connectivity index (χ1v) is 8.11. The number of nitrogens with zero attached hydrogens (tertiary/aromatic N) is 4. The minimum atomic E-state index is -0.301. The first kappa shape index (κ1) is 15.3. The van der Waals surface area contributed by atoms with Gasteiger partial charge in [-0.15, -0.1) is 6.42 Å². The third-order valence-corrected chi connectivity index (χ3v) is 4.51. The molecule has 3 aromatic rings. The lowest BCUT2D eigenvalue weighted by Crippen LogP contribution is -2.18. The molecular weight excluding hydrogens is 308 g/mol. The lowest BCUT2D eigenvalue weighted by atomic mass is 10.3. The van der Waals surface area contributed by atoms with E-state index in [0.29, 0.717) is 23.6 Å². The molecule has 2 aromatic heterocycles. The van der Waals surface area contributed by atoms with Crippen LogP contribution in [0.3, 0.4) is 0 Å². The number of para-hydroxylation sites is 1. The van der Waals surface area contributed by atoms with Gasteiger partial charge in [0.15, 0.2) is 4.80 Å². The second kappa shape index (κ2) is 6.23. The molecule has 0 radical (unpaired) electrons. The zero-order chi connectivity index (χ0) is 16.4. The number of carbonyl (C=O) groups excluding carboxylic acids is 1. The van der Waals surface area contributed by atoms with Gasteiger partial charge in [0.05, 0.1) is 22.5 Å². The van der Waals surface area contributed by atoms with Crippen LogP contribution >= 0.6 is 11.3 Å². The zero-order valence-electron chi connectivity index (χ0n) is 13.0. The number of rotatable bonds is 3. The van der Waals surface area contributed by atoms with Crippen molar-refractivity contribution in [1.29, 1.82) is 0 Å². The van der Waals surface area contributed by atoms with Gasteiger partial charge in [-0.3, -0.25) is 9.48 Å². The van der Waals surface area contributed by atoms with Gasteiger partial charge in [-0.05, 0) is 32.0 Å². The molecule has 5 nitrogen and oxygen atoms in total. The number of fused-ring (bicyclic) bond motifs is 1. The number of terminal acetylenes is 1. The maximum atomic E-state index is 12.6. The summed E-state index contributed by atoms with van der Waals surface area (Å²) < 4.78 is 4.60. The van der Waals surface area contributed by atoms with Gasteiger partial charge in [0.2, 0.25) is 0 Å². The summed E-state index contributed by atoms with van der Waals surface area (Å²) in [6.45, 7) is 4.81. The quantitative estimate of drug-likeness (QED) is 0.695. The van der Waals surface area contributed by atoms with Crippen LogP contribution in [0.1, 0.15) is 23.1 Å². The number of aromatic nitrogens is 3. The number of hydrogen-bond acceptors (Lipinski definition) is 3. The van der Waals surface area contributed by atoms with E-state index in [9.17, 15) is 4.79 Å². The molecule has 0 saturated heterocycles. The van der Waals surface area contributed by atoms with Crippen LogP contribution in [0.5, 0.6) is 0 Å². The standard InChI is InChI=1S/C17H16N4OS/c1-4-10-20-13-8-6-7-9-15(13)23-17(20)18-16(22)14-11-12(3)19-21(14)5-2/h1,6-9,11H,5,10H2,2-3H3. The molecule has 6 heteroatoms. The molecule has 0 unspecified atom stereocenters. The minimum absolute atomic E-state index is 0.301. The number of benzene rings is 1. The van der Waals surface area contributed by atoms with E-state index < -0.39 is 0 Å². The highest BCUT2D eigenvalue weighted by Crippen LogP contribution is 2.16. The molecule has 0 atom stereocenters. The van der Waals surface area contributed by atoms with E-state index >= 15 is 0 Å². The van der Waals surface area contributed by atoms with Gasteiger partial charge >= 0.3 is 0 Å². The maximum Gasteiger partial charge on any atom is 0.297 e. The molecule has 0 bridgehead atoms. The van der Waals surface area contributed by atoms with Crippen molar-refractivity contribution in [3.8, 4) is 12.3 Å². The van der Waals surface area contributed by atoms with Crippen LogP contribution < -0.4 is 4.80 Å². The van der Waals surface area contributed by atoms with Crippen molar-refractivity contribution in [3.63, 3.8) is 0 Å². The summed E-state index contributed by atoms with van der Waals surface area (Å²) in [5.41, 5.74) is 2.29. The third-order valence-electron chi connectivity index (χ3n) is 3.46. The Morgan fingerprint density at radius 3 is 2.96 bits per heavy atom. The maximum absolute atomic E-state index is 12.6. The Balaban J connectivity index is 2.15. The smallest absolute Gasteiger partial charge is 0.297 e. The van der Waals surface area contributed by atoms with Crippen LogP contribution in [0.2, 0.25) is 0 Å².